The van der Waals surface area contributed by atoms with Crippen molar-refractivity contribution in [1.29, 1.82) is 0 Å². The standard InChI is InChI=1S/C71H71N5O9/c1-48(85-69(2,3)4)64(66(80)72-61(67(81)82)44-46-63(78)76-71(52-33-17-8-18-34-52,53-35-19-9-20-36-53)54-37-21-10-22-38-54)74-65(79)60(73-68(83)84-47-59-57-41-25-23-39-55(57)56-40-24-26-42-58(56)59)43-45-62(77)75-70(49-27-11-5-12-28-49,50-29-13-6-14-30-50)51-31-15-7-16-32-51/h5-42,48,59-61,64H,43-47H2,1-4H3,(H,72,80)(H,73,83)(H,74,79)(H,75,77)(H,76,78)(H,81,82)/t48-,60+,61+,64+/m1/s1. The van der Waals surface area contributed by atoms with E-state index in [4.69, 9.17) is 9.47 Å². The number of hydrogen-bond donors (Lipinski definition) is 6. The summed E-state index contributed by atoms with van der Waals surface area (Å²) in [5.74, 6) is -4.50. The molecule has 0 aromatic heterocycles. The molecule has 0 fully saturated rings. The third-order valence-corrected chi connectivity index (χ3v) is 15.4. The SMILES string of the molecule is C[C@@H](OC(C)(C)C)[C@H](NC(=O)[C@H](CCC(=O)NC(c1ccccc1)(c1ccccc1)c1ccccc1)NC(=O)OCC1c2ccccc2-c2ccccc21)C(=O)N[C@@H](CCC(=O)NC(c1ccccc1)(c1ccccc1)c1ccccc1)C(=O)O. The van der Waals surface area contributed by atoms with E-state index in [-0.39, 0.29) is 38.2 Å². The van der Waals surface area contributed by atoms with Gasteiger partial charge in [0.1, 0.15) is 35.8 Å². The molecule has 5 amide bonds. The molecule has 0 unspecified atom stereocenters. The van der Waals surface area contributed by atoms with Crippen LogP contribution in [-0.2, 0) is 44.5 Å². The van der Waals surface area contributed by atoms with Crippen LogP contribution < -0.4 is 26.6 Å². The number of alkyl carbamates (subject to hydrolysis) is 1. The summed E-state index contributed by atoms with van der Waals surface area (Å²) in [4.78, 5) is 86.1. The van der Waals surface area contributed by atoms with Gasteiger partial charge in [-0.25, -0.2) is 9.59 Å². The number of carboxylic acid groups (broad SMARTS) is 1. The number of fused-ring (bicyclic) bond motifs is 3. The number of benzene rings is 8. The van der Waals surface area contributed by atoms with E-state index in [9.17, 15) is 29.1 Å². The Morgan fingerprint density at radius 2 is 0.788 bits per heavy atom. The molecule has 0 heterocycles. The van der Waals surface area contributed by atoms with Crippen molar-refractivity contribution in [3.05, 3.63) is 275 Å². The molecule has 434 valence electrons. The van der Waals surface area contributed by atoms with Crippen molar-refractivity contribution in [3.63, 3.8) is 0 Å². The third-order valence-electron chi connectivity index (χ3n) is 15.4. The molecule has 0 bridgehead atoms. The van der Waals surface area contributed by atoms with Crippen LogP contribution in [0.4, 0.5) is 4.79 Å². The van der Waals surface area contributed by atoms with Gasteiger partial charge in [-0.3, -0.25) is 19.2 Å². The quantitative estimate of drug-likeness (QED) is 0.0319. The highest BCUT2D eigenvalue weighted by Crippen LogP contribution is 2.45. The van der Waals surface area contributed by atoms with Gasteiger partial charge in [-0.2, -0.15) is 0 Å². The number of hydrogen-bond acceptors (Lipinski definition) is 8. The number of nitrogens with one attached hydrogen (secondary N) is 5. The van der Waals surface area contributed by atoms with E-state index in [2.05, 4.69) is 26.6 Å². The first kappa shape index (κ1) is 59.9. The predicted molar refractivity (Wildman–Crippen MR) is 327 cm³/mol. The molecule has 6 N–H and O–H groups in total. The maximum absolute atomic E-state index is 15.0. The molecule has 14 heteroatoms. The fourth-order valence-corrected chi connectivity index (χ4v) is 11.5. The summed E-state index contributed by atoms with van der Waals surface area (Å²) in [5, 5.41) is 25.3. The second-order valence-corrected chi connectivity index (χ2v) is 22.2. The molecule has 0 radical (unpaired) electrons. The van der Waals surface area contributed by atoms with Gasteiger partial charge < -0.3 is 41.2 Å². The van der Waals surface area contributed by atoms with Crippen molar-refractivity contribution in [3.8, 4) is 11.1 Å². The minimum atomic E-state index is -1.61. The van der Waals surface area contributed by atoms with Crippen LogP contribution in [0, 0.1) is 0 Å². The Hall–Kier alpha value is -9.66. The largest absolute Gasteiger partial charge is 0.480 e. The van der Waals surface area contributed by atoms with Crippen LogP contribution in [0.25, 0.3) is 11.1 Å². The highest BCUT2D eigenvalue weighted by atomic mass is 16.5. The Balaban J connectivity index is 0.973. The van der Waals surface area contributed by atoms with Gasteiger partial charge in [0.05, 0.1) is 11.7 Å². The lowest BCUT2D eigenvalue weighted by Crippen LogP contribution is -2.60. The topological polar surface area (TPSA) is 201 Å². The van der Waals surface area contributed by atoms with Crippen molar-refractivity contribution in [2.24, 2.45) is 0 Å². The number of amides is 5. The molecule has 8 aromatic carbocycles. The van der Waals surface area contributed by atoms with E-state index < -0.39 is 76.6 Å². The van der Waals surface area contributed by atoms with Crippen molar-refractivity contribution in [1.82, 2.24) is 26.6 Å². The van der Waals surface area contributed by atoms with E-state index >= 15 is 4.79 Å². The molecule has 8 aromatic rings. The van der Waals surface area contributed by atoms with Crippen LogP contribution in [0.1, 0.15) is 104 Å². The number of ether oxygens (including phenoxy) is 2. The van der Waals surface area contributed by atoms with Gasteiger partial charge >= 0.3 is 12.1 Å². The molecular weight excluding hydrogens is 1070 g/mol. The Labute approximate surface area is 496 Å². The molecule has 0 saturated carbocycles. The van der Waals surface area contributed by atoms with Gasteiger partial charge in [0, 0.05) is 18.8 Å². The van der Waals surface area contributed by atoms with E-state index in [1.165, 1.54) is 0 Å². The number of carboxylic acids is 1. The molecule has 0 saturated heterocycles. The second kappa shape index (κ2) is 27.2. The summed E-state index contributed by atoms with van der Waals surface area (Å²) in [5.41, 5.74) is 5.36. The molecule has 0 spiro atoms. The normalized spacial score (nSPS) is 13.6. The molecule has 85 heavy (non-hydrogen) atoms. The van der Waals surface area contributed by atoms with Crippen molar-refractivity contribution >= 4 is 35.7 Å². The van der Waals surface area contributed by atoms with Crippen LogP contribution in [0.2, 0.25) is 0 Å². The Morgan fingerprint density at radius 3 is 1.14 bits per heavy atom. The Morgan fingerprint density at radius 1 is 0.447 bits per heavy atom. The first-order valence-electron chi connectivity index (χ1n) is 28.7. The predicted octanol–water partition coefficient (Wildman–Crippen LogP) is 10.9. The molecule has 14 nitrogen and oxygen atoms in total. The average Bonchev–Trinajstić information content (AvgIpc) is 1.67. The minimum absolute atomic E-state index is 0.0791. The maximum Gasteiger partial charge on any atom is 0.407 e. The summed E-state index contributed by atoms with van der Waals surface area (Å²) >= 11 is 0. The van der Waals surface area contributed by atoms with Crippen LogP contribution in [0.15, 0.2) is 231 Å². The number of rotatable bonds is 24. The summed E-state index contributed by atoms with van der Waals surface area (Å²) in [6.45, 7) is 6.77. The van der Waals surface area contributed by atoms with Crippen LogP contribution in [0.3, 0.4) is 0 Å². The minimum Gasteiger partial charge on any atom is -0.480 e. The van der Waals surface area contributed by atoms with E-state index in [1.807, 2.05) is 231 Å². The summed E-state index contributed by atoms with van der Waals surface area (Å²) in [7, 11) is 0. The fourth-order valence-electron chi connectivity index (χ4n) is 11.5. The zero-order valence-corrected chi connectivity index (χ0v) is 48.1. The Kier molecular flexibility index (Phi) is 19.2. The zero-order valence-electron chi connectivity index (χ0n) is 48.1. The van der Waals surface area contributed by atoms with Crippen LogP contribution in [0.5, 0.6) is 0 Å². The highest BCUT2D eigenvalue weighted by molar-refractivity contribution is 5.94. The molecule has 9 rings (SSSR count). The first-order valence-corrected chi connectivity index (χ1v) is 28.7. The van der Waals surface area contributed by atoms with Gasteiger partial charge in [-0.1, -0.05) is 231 Å². The fraction of sp³-hybridized carbons (Fsp3) is 0.239. The van der Waals surface area contributed by atoms with E-state index in [0.29, 0.717) is 0 Å². The molecular formula is C71H71N5O9. The number of aliphatic carboxylic acids is 1. The lowest BCUT2D eigenvalue weighted by molar-refractivity contribution is -0.145. The second-order valence-electron chi connectivity index (χ2n) is 22.2. The van der Waals surface area contributed by atoms with Gasteiger partial charge in [0.25, 0.3) is 0 Å². The first-order chi connectivity index (χ1) is 41.1. The van der Waals surface area contributed by atoms with Crippen LogP contribution in [-0.4, -0.2) is 77.2 Å². The number of carbonyl (C=O) groups excluding carboxylic acids is 5. The third kappa shape index (κ3) is 14.1. The highest BCUT2D eigenvalue weighted by Gasteiger charge is 2.41. The number of carbonyl (C=O) groups is 6. The van der Waals surface area contributed by atoms with Crippen LogP contribution >= 0.6 is 0 Å². The zero-order chi connectivity index (χ0) is 60.0. The lowest BCUT2D eigenvalue weighted by atomic mass is 9.77. The van der Waals surface area contributed by atoms with E-state index in [1.54, 1.807) is 27.7 Å². The lowest BCUT2D eigenvalue weighted by Gasteiger charge is -2.37. The monoisotopic (exact) mass is 1140 g/mol. The molecule has 1 aliphatic rings. The summed E-state index contributed by atoms with van der Waals surface area (Å²) in [6, 6.07) is 68.1. The maximum atomic E-state index is 15.0. The smallest absolute Gasteiger partial charge is 0.407 e. The molecule has 4 atom stereocenters. The van der Waals surface area contributed by atoms with Gasteiger partial charge in [-0.15, -0.1) is 0 Å². The van der Waals surface area contributed by atoms with Gasteiger partial charge in [0.2, 0.25) is 23.6 Å². The van der Waals surface area contributed by atoms with Crippen molar-refractivity contribution in [2.45, 2.75) is 100 Å². The Bertz CT molecular complexity index is 3330. The molecule has 1 aliphatic carbocycles. The van der Waals surface area contributed by atoms with Gasteiger partial charge in [0.15, 0.2) is 0 Å². The van der Waals surface area contributed by atoms with Gasteiger partial charge in [-0.05, 0) is 96.2 Å². The van der Waals surface area contributed by atoms with Crippen molar-refractivity contribution in [2.75, 3.05) is 6.61 Å². The van der Waals surface area contributed by atoms with E-state index in [0.717, 1.165) is 55.6 Å². The summed E-state index contributed by atoms with van der Waals surface area (Å²) < 4.78 is 12.2. The van der Waals surface area contributed by atoms with Crippen molar-refractivity contribution < 1.29 is 43.3 Å². The molecule has 0 aliphatic heterocycles. The average molecular weight is 1140 g/mol. The summed E-state index contributed by atoms with van der Waals surface area (Å²) in [6.07, 6.45) is -3.29.